The molecule has 13 nitrogen and oxygen atoms in total. The monoisotopic (exact) mass is 740 g/mol. The first-order valence-corrected chi connectivity index (χ1v) is 19.4. The fourth-order valence-electron chi connectivity index (χ4n) is 5.63. The molecule has 1 aliphatic rings. The van der Waals surface area contributed by atoms with Gasteiger partial charge in [0.15, 0.2) is 5.76 Å². The molecule has 4 atom stereocenters. The number of rotatable bonds is 9. The predicted octanol–water partition coefficient (Wildman–Crippen LogP) is 4.86. The molecule has 49 heavy (non-hydrogen) atoms. The first-order chi connectivity index (χ1) is 23.0. The first kappa shape index (κ1) is 38.6. The number of carbonyl (C=O) groups is 1. The van der Waals surface area contributed by atoms with Crippen LogP contribution >= 0.6 is 11.6 Å². The van der Waals surface area contributed by atoms with E-state index < -0.39 is 44.0 Å². The maximum absolute atomic E-state index is 14.4. The second-order valence-electron chi connectivity index (χ2n) is 12.5. The number of nitrogens with one attached hydrogen (secondary N) is 1. The van der Waals surface area contributed by atoms with Crippen molar-refractivity contribution in [1.29, 1.82) is 0 Å². The van der Waals surface area contributed by atoms with Gasteiger partial charge in [-0.05, 0) is 89.4 Å². The van der Waals surface area contributed by atoms with Crippen molar-refractivity contribution in [3.63, 3.8) is 0 Å². The van der Waals surface area contributed by atoms with Crippen LogP contribution < -0.4 is 9.46 Å². The Morgan fingerprint density at radius 1 is 1.10 bits per heavy atom. The predicted molar refractivity (Wildman–Crippen MR) is 185 cm³/mol. The number of aliphatic hydroxyl groups is 1. The summed E-state index contributed by atoms with van der Waals surface area (Å²) in [7, 11) is -6.54. The van der Waals surface area contributed by atoms with Crippen LogP contribution in [0.3, 0.4) is 0 Å². The zero-order valence-corrected chi connectivity index (χ0v) is 30.9. The number of fused-ring (bicyclic) bond motifs is 1. The van der Waals surface area contributed by atoms with Crippen LogP contribution in [-0.4, -0.2) is 93.8 Å². The van der Waals surface area contributed by atoms with Crippen LogP contribution in [-0.2, 0) is 24.8 Å². The molecule has 0 bridgehead atoms. The number of hydrogen-bond donors (Lipinski definition) is 2. The van der Waals surface area contributed by atoms with E-state index in [-0.39, 0.29) is 64.0 Å². The second kappa shape index (κ2) is 16.2. The summed E-state index contributed by atoms with van der Waals surface area (Å²) in [6, 6.07) is 9.53. The lowest BCUT2D eigenvalue weighted by molar-refractivity contribution is -0.00835. The van der Waals surface area contributed by atoms with Crippen molar-refractivity contribution in [1.82, 2.24) is 14.4 Å². The van der Waals surface area contributed by atoms with E-state index in [2.05, 4.69) is 9.88 Å². The van der Waals surface area contributed by atoms with Crippen LogP contribution in [0.15, 0.2) is 56.8 Å². The van der Waals surface area contributed by atoms with Crippen molar-refractivity contribution in [2.24, 2.45) is 5.92 Å². The minimum atomic E-state index is -4.02. The summed E-state index contributed by atoms with van der Waals surface area (Å²) in [5.41, 5.74) is 0.488. The number of halogens is 1. The summed E-state index contributed by atoms with van der Waals surface area (Å²) >= 11 is 5.94. The molecule has 0 radical (unpaired) electrons. The van der Waals surface area contributed by atoms with Gasteiger partial charge in [-0.3, -0.25) is 9.52 Å². The Morgan fingerprint density at radius 3 is 2.43 bits per heavy atom. The van der Waals surface area contributed by atoms with Crippen molar-refractivity contribution < 1.29 is 40.7 Å². The van der Waals surface area contributed by atoms with E-state index in [9.17, 15) is 26.7 Å². The molecular formula is C33H45ClN4O9S2. The van der Waals surface area contributed by atoms with E-state index in [1.807, 2.05) is 13.8 Å². The number of sulfonamides is 2. The summed E-state index contributed by atoms with van der Waals surface area (Å²) in [5, 5.41) is 14.4. The highest BCUT2D eigenvalue weighted by atomic mass is 35.5. The number of ether oxygens (including phenoxy) is 2. The summed E-state index contributed by atoms with van der Waals surface area (Å²) in [5.74, 6) is -0.457. The number of aliphatic hydroxyl groups excluding tert-OH is 1. The third-order valence-corrected chi connectivity index (χ3v) is 12.2. The smallest absolute Gasteiger partial charge is 0.261 e. The normalized spacial score (nSPS) is 20.7. The van der Waals surface area contributed by atoms with Gasteiger partial charge < -0.3 is 24.0 Å². The van der Waals surface area contributed by atoms with E-state index in [1.54, 1.807) is 19.9 Å². The molecule has 0 spiro atoms. The Morgan fingerprint density at radius 2 is 1.80 bits per heavy atom. The second-order valence-corrected chi connectivity index (χ2v) is 16.6. The van der Waals surface area contributed by atoms with Crippen molar-refractivity contribution in [2.75, 3.05) is 38.1 Å². The van der Waals surface area contributed by atoms with Gasteiger partial charge in [0.25, 0.3) is 15.9 Å². The van der Waals surface area contributed by atoms with E-state index in [0.717, 1.165) is 6.42 Å². The molecule has 3 aromatic rings. The van der Waals surface area contributed by atoms with Crippen molar-refractivity contribution in [3.05, 3.63) is 64.5 Å². The van der Waals surface area contributed by atoms with Gasteiger partial charge in [-0.15, -0.1) is 0 Å². The largest absolute Gasteiger partial charge is 0.490 e. The number of hydrogen-bond acceptors (Lipinski definition) is 10. The first-order valence-electron chi connectivity index (χ1n) is 16.1. The quantitative estimate of drug-likeness (QED) is 0.309. The number of carbonyl (C=O) groups excluding carboxylic acids is 1. The average Bonchev–Trinajstić information content (AvgIpc) is 3.40. The van der Waals surface area contributed by atoms with E-state index in [1.165, 1.54) is 59.6 Å². The van der Waals surface area contributed by atoms with Gasteiger partial charge in [-0.2, -0.15) is 4.31 Å². The Hall–Kier alpha value is -3.21. The molecule has 4 rings (SSSR count). The number of anilines is 1. The highest BCUT2D eigenvalue weighted by molar-refractivity contribution is 7.92. The number of aromatic nitrogens is 1. The molecule has 0 fully saturated rings. The van der Waals surface area contributed by atoms with Crippen molar-refractivity contribution in [2.45, 2.75) is 81.9 Å². The summed E-state index contributed by atoms with van der Waals surface area (Å²) < 4.78 is 74.8. The lowest BCUT2D eigenvalue weighted by Gasteiger charge is -2.35. The third-order valence-electron chi connectivity index (χ3n) is 8.50. The Bertz CT molecular complexity index is 1800. The molecule has 1 amide bonds. The Balaban J connectivity index is 1.69. The highest BCUT2D eigenvalue weighted by Gasteiger charge is 2.34. The SMILES string of the molecule is Cc1noc(C)c1S(=O)(=O)N(C)C[C@@H]1OCCCC[C@@H](C)Oc2ccc(NS(=O)(=O)c3ccc(Cl)cc3)cc2C(=O)N([C@@H](C)CO)C[C@H]1C. The molecule has 0 saturated carbocycles. The van der Waals surface area contributed by atoms with Gasteiger partial charge in [-0.1, -0.05) is 23.7 Å². The highest BCUT2D eigenvalue weighted by Crippen LogP contribution is 2.30. The number of aryl methyl sites for hydroxylation is 2. The lowest BCUT2D eigenvalue weighted by Crippen LogP contribution is -2.48. The van der Waals surface area contributed by atoms with E-state index >= 15 is 0 Å². The van der Waals surface area contributed by atoms with Crippen LogP contribution in [0.5, 0.6) is 5.75 Å². The van der Waals surface area contributed by atoms with Gasteiger partial charge >= 0.3 is 0 Å². The summed E-state index contributed by atoms with van der Waals surface area (Å²) in [6.07, 6.45) is 1.14. The average molecular weight is 741 g/mol. The van der Waals surface area contributed by atoms with E-state index in [0.29, 0.717) is 24.5 Å². The van der Waals surface area contributed by atoms with Crippen LogP contribution in [0.2, 0.25) is 5.02 Å². The van der Waals surface area contributed by atoms with Crippen molar-refractivity contribution >= 4 is 43.2 Å². The van der Waals surface area contributed by atoms with Gasteiger partial charge in [0.2, 0.25) is 10.0 Å². The molecule has 270 valence electrons. The molecule has 2 N–H and O–H groups in total. The molecule has 1 aliphatic heterocycles. The zero-order valence-electron chi connectivity index (χ0n) is 28.5. The van der Waals surface area contributed by atoms with Gasteiger partial charge in [0.05, 0.1) is 35.3 Å². The van der Waals surface area contributed by atoms with Crippen LogP contribution in [0.1, 0.15) is 61.8 Å². The molecular weight excluding hydrogens is 696 g/mol. The Labute approximate surface area is 293 Å². The zero-order chi connectivity index (χ0) is 36.1. The number of likely N-dealkylation sites (N-methyl/N-ethyl adjacent to an activating group) is 1. The number of benzene rings is 2. The fourth-order valence-corrected chi connectivity index (χ4v) is 8.27. The van der Waals surface area contributed by atoms with E-state index in [4.69, 9.17) is 25.6 Å². The molecule has 2 aromatic carbocycles. The fraction of sp³-hybridized carbons (Fsp3) is 0.515. The summed E-state index contributed by atoms with van der Waals surface area (Å²) in [6.45, 7) is 8.59. The molecule has 0 saturated heterocycles. The minimum absolute atomic E-state index is 0.00216. The maximum atomic E-state index is 14.4. The standard InChI is InChI=1S/C33H45ClN4O9S2/c1-21-18-38(22(2)20-39)33(40)29-17-27(36-48(41,42)28-13-10-26(34)11-14-28)12-15-30(29)46-23(3)9-7-8-16-45-31(21)19-37(6)49(43,44)32-24(4)35-47-25(32)5/h10-15,17,21-23,31,36,39H,7-9,16,18-20H2,1-6H3/t21-,22+,23-,31+/m1/s1. The van der Waals surface area contributed by atoms with Gasteiger partial charge in [-0.25, -0.2) is 16.8 Å². The molecule has 0 unspecified atom stereocenters. The number of nitrogens with zero attached hydrogens (tertiary/aromatic N) is 3. The molecule has 1 aromatic heterocycles. The minimum Gasteiger partial charge on any atom is -0.490 e. The molecule has 16 heteroatoms. The van der Waals surface area contributed by atoms with Gasteiger partial charge in [0, 0.05) is 43.4 Å². The van der Waals surface area contributed by atoms with Crippen molar-refractivity contribution in [3.8, 4) is 5.75 Å². The Kier molecular flexibility index (Phi) is 12.8. The van der Waals surface area contributed by atoms with Crippen LogP contribution in [0.25, 0.3) is 0 Å². The summed E-state index contributed by atoms with van der Waals surface area (Å²) in [4.78, 5) is 15.8. The lowest BCUT2D eigenvalue weighted by atomic mass is 10.0. The van der Waals surface area contributed by atoms with Crippen LogP contribution in [0, 0.1) is 19.8 Å². The third kappa shape index (κ3) is 9.32. The maximum Gasteiger partial charge on any atom is 0.261 e. The topological polar surface area (TPSA) is 169 Å². The van der Waals surface area contributed by atoms with Crippen LogP contribution in [0.4, 0.5) is 5.69 Å². The molecule has 2 heterocycles. The number of amides is 1. The molecule has 0 aliphatic carbocycles. The van der Waals surface area contributed by atoms with Gasteiger partial charge in [0.1, 0.15) is 16.3 Å².